The van der Waals surface area contributed by atoms with Crippen molar-refractivity contribution in [3.05, 3.63) is 122 Å². The molecule has 4 aromatic rings. The second-order valence-corrected chi connectivity index (χ2v) is 10.3. The Morgan fingerprint density at radius 3 is 1.67 bits per heavy atom. The zero-order valence-electron chi connectivity index (χ0n) is 22.2. The molecule has 2 atom stereocenters. The first kappa shape index (κ1) is 29.4. The van der Waals surface area contributed by atoms with Gasteiger partial charge in [0, 0.05) is 5.69 Å². The molecule has 0 aliphatic carbocycles. The van der Waals surface area contributed by atoms with Gasteiger partial charge in [-0.25, -0.2) is 0 Å². The summed E-state index contributed by atoms with van der Waals surface area (Å²) in [4.78, 5) is 27.8. The van der Waals surface area contributed by atoms with Crippen molar-refractivity contribution >= 4 is 17.1 Å². The second kappa shape index (κ2) is 11.6. The van der Waals surface area contributed by atoms with E-state index in [9.17, 15) is 35.9 Å². The third kappa shape index (κ3) is 6.20. The number of nitrogens with zero attached hydrogens (tertiary/aromatic N) is 1. The maximum absolute atomic E-state index is 13.4. The molecule has 2 N–H and O–H groups in total. The van der Waals surface area contributed by atoms with Crippen LogP contribution in [0.25, 0.3) is 0 Å². The number of nitrogens with one attached hydrogen (secondary N) is 2. The van der Waals surface area contributed by atoms with Crippen molar-refractivity contribution in [1.29, 1.82) is 0 Å². The molecule has 4 aromatic carbocycles. The highest BCUT2D eigenvalue weighted by molar-refractivity contribution is 5.79. The van der Waals surface area contributed by atoms with Crippen LogP contribution >= 0.6 is 0 Å². The molecule has 5 nitrogen and oxygen atoms in total. The minimum atomic E-state index is -5.07. The molecule has 1 fully saturated rings. The number of piperidine rings is 1. The van der Waals surface area contributed by atoms with Crippen molar-refractivity contribution in [2.45, 2.75) is 43.7 Å². The summed E-state index contributed by atoms with van der Waals surface area (Å²) in [6, 6.07) is 18.9. The van der Waals surface area contributed by atoms with Gasteiger partial charge in [0.25, 0.3) is 10.9 Å². The van der Waals surface area contributed by atoms with Crippen LogP contribution in [0.4, 0.5) is 43.4 Å². The van der Waals surface area contributed by atoms with E-state index in [2.05, 4.69) is 15.5 Å². The highest BCUT2D eigenvalue weighted by Gasteiger charge is 2.38. The molecule has 0 amide bonds. The molecule has 220 valence electrons. The monoisotopic (exact) mass is 587 g/mol. The Morgan fingerprint density at radius 2 is 1.14 bits per heavy atom. The van der Waals surface area contributed by atoms with E-state index in [1.54, 1.807) is 0 Å². The lowest BCUT2D eigenvalue weighted by atomic mass is 9.90. The van der Waals surface area contributed by atoms with Crippen molar-refractivity contribution in [2.24, 2.45) is 0 Å². The molecule has 0 radical (unpaired) electrons. The SMILES string of the molecule is O=c1c(Nc2cc(C(F)(F)F)cc(C(F)(F)F)c2)c(NC(c2ccccc2)C(c2ccccc2)N2CCCCC2)c1=O. The molecule has 11 heteroatoms. The average Bonchev–Trinajstić information content (AvgIpc) is 2.98. The van der Waals surface area contributed by atoms with E-state index in [1.807, 2.05) is 60.7 Å². The molecule has 0 aromatic heterocycles. The highest BCUT2D eigenvalue weighted by atomic mass is 19.4. The molecule has 0 bridgehead atoms. The Bertz CT molecular complexity index is 1560. The summed E-state index contributed by atoms with van der Waals surface area (Å²) in [5.74, 6) is 0. The minimum Gasteiger partial charge on any atom is -0.371 e. The van der Waals surface area contributed by atoms with Gasteiger partial charge in [-0.2, -0.15) is 26.3 Å². The fraction of sp³-hybridized carbons (Fsp3) is 0.290. The molecule has 42 heavy (non-hydrogen) atoms. The van der Waals surface area contributed by atoms with Gasteiger partial charge in [-0.05, 0) is 55.3 Å². The third-order valence-corrected chi connectivity index (χ3v) is 7.47. The van der Waals surface area contributed by atoms with Crippen LogP contribution in [0, 0.1) is 0 Å². The van der Waals surface area contributed by atoms with Crippen LogP contribution in [0.1, 0.15) is 53.6 Å². The lowest BCUT2D eigenvalue weighted by molar-refractivity contribution is -0.143. The van der Waals surface area contributed by atoms with E-state index >= 15 is 0 Å². The first-order valence-corrected chi connectivity index (χ1v) is 13.4. The number of hydrogen-bond donors (Lipinski definition) is 2. The summed E-state index contributed by atoms with van der Waals surface area (Å²) in [5.41, 5.74) is -4.49. The predicted octanol–water partition coefficient (Wildman–Crippen LogP) is 7.44. The number of hydrogen-bond acceptors (Lipinski definition) is 5. The fourth-order valence-electron chi connectivity index (χ4n) is 5.44. The van der Waals surface area contributed by atoms with Gasteiger partial charge < -0.3 is 10.6 Å². The molecular weight excluding hydrogens is 560 g/mol. The van der Waals surface area contributed by atoms with E-state index in [4.69, 9.17) is 0 Å². The molecule has 1 heterocycles. The van der Waals surface area contributed by atoms with Crippen LogP contribution in [0.5, 0.6) is 0 Å². The van der Waals surface area contributed by atoms with Crippen molar-refractivity contribution in [3.63, 3.8) is 0 Å². The summed E-state index contributed by atoms with van der Waals surface area (Å²) < 4.78 is 80.6. The number of benzene rings is 3. The van der Waals surface area contributed by atoms with E-state index in [0.717, 1.165) is 43.5 Å². The van der Waals surface area contributed by atoms with Gasteiger partial charge in [0.05, 0.1) is 23.2 Å². The molecular formula is C31H27F6N3O2. The lowest BCUT2D eigenvalue weighted by Crippen LogP contribution is -2.42. The van der Waals surface area contributed by atoms with E-state index in [1.165, 1.54) is 0 Å². The summed E-state index contributed by atoms with van der Waals surface area (Å²) in [6.45, 7) is 1.57. The Balaban J connectivity index is 1.56. The lowest BCUT2D eigenvalue weighted by Gasteiger charge is -2.40. The Morgan fingerprint density at radius 1 is 0.643 bits per heavy atom. The zero-order chi connectivity index (χ0) is 30.1. The predicted molar refractivity (Wildman–Crippen MR) is 148 cm³/mol. The van der Waals surface area contributed by atoms with Crippen LogP contribution < -0.4 is 21.5 Å². The van der Waals surface area contributed by atoms with Crippen LogP contribution in [0.15, 0.2) is 88.5 Å². The third-order valence-electron chi connectivity index (χ3n) is 7.47. The van der Waals surface area contributed by atoms with Gasteiger partial charge in [0.2, 0.25) is 0 Å². The van der Waals surface area contributed by atoms with Crippen molar-refractivity contribution < 1.29 is 26.3 Å². The van der Waals surface area contributed by atoms with Crippen molar-refractivity contribution in [2.75, 3.05) is 23.7 Å². The fourth-order valence-corrected chi connectivity index (χ4v) is 5.44. The number of rotatable bonds is 8. The van der Waals surface area contributed by atoms with E-state index < -0.39 is 46.1 Å². The van der Waals surface area contributed by atoms with Gasteiger partial charge in [-0.3, -0.25) is 14.5 Å². The van der Waals surface area contributed by atoms with Crippen LogP contribution in [0.3, 0.4) is 0 Å². The summed E-state index contributed by atoms with van der Waals surface area (Å²) in [5, 5.41) is 5.55. The summed E-state index contributed by atoms with van der Waals surface area (Å²) in [6.07, 6.45) is -7.13. The van der Waals surface area contributed by atoms with Gasteiger partial charge in [-0.15, -0.1) is 0 Å². The smallest absolute Gasteiger partial charge is 0.371 e. The van der Waals surface area contributed by atoms with Crippen LogP contribution in [0.2, 0.25) is 0 Å². The Kier molecular flexibility index (Phi) is 8.14. The Hall–Kier alpha value is -4.12. The second-order valence-electron chi connectivity index (χ2n) is 10.3. The van der Waals surface area contributed by atoms with Gasteiger partial charge in [0.15, 0.2) is 0 Å². The summed E-state index contributed by atoms with van der Waals surface area (Å²) in [7, 11) is 0. The number of halogens is 6. The number of likely N-dealkylation sites (tertiary alicyclic amines) is 1. The largest absolute Gasteiger partial charge is 0.416 e. The molecule has 2 unspecified atom stereocenters. The number of alkyl halides is 6. The Labute approximate surface area is 237 Å². The minimum absolute atomic E-state index is 0.000972. The van der Waals surface area contributed by atoms with Crippen molar-refractivity contribution in [3.8, 4) is 0 Å². The van der Waals surface area contributed by atoms with Crippen molar-refractivity contribution in [1.82, 2.24) is 4.90 Å². The van der Waals surface area contributed by atoms with Crippen LogP contribution in [-0.2, 0) is 12.4 Å². The molecule has 1 saturated heterocycles. The molecule has 0 saturated carbocycles. The highest BCUT2D eigenvalue weighted by Crippen LogP contribution is 2.41. The quantitative estimate of drug-likeness (QED) is 0.166. The van der Waals surface area contributed by atoms with Gasteiger partial charge >= 0.3 is 12.4 Å². The van der Waals surface area contributed by atoms with Gasteiger partial charge in [-0.1, -0.05) is 67.1 Å². The van der Waals surface area contributed by atoms with E-state index in [0.29, 0.717) is 12.1 Å². The number of anilines is 3. The first-order valence-electron chi connectivity index (χ1n) is 13.4. The average molecular weight is 588 g/mol. The topological polar surface area (TPSA) is 61.4 Å². The normalized spacial score (nSPS) is 16.2. The molecule has 0 spiro atoms. The van der Waals surface area contributed by atoms with E-state index in [-0.39, 0.29) is 23.5 Å². The standard InChI is InChI=1S/C31H27F6N3O2/c32-30(33,34)21-16-22(31(35,36)37)18-23(17-21)38-25-26(29(42)28(25)41)39-24(19-10-4-1-5-11-19)27(20-12-6-2-7-13-20)40-14-8-3-9-15-40/h1-2,4-7,10-13,16-18,24,27,38-39H,3,8-9,14-15H2. The molecule has 1 aliphatic rings. The molecule has 1 aliphatic heterocycles. The zero-order valence-corrected chi connectivity index (χ0v) is 22.2. The first-order chi connectivity index (χ1) is 19.9. The maximum Gasteiger partial charge on any atom is 0.416 e. The summed E-state index contributed by atoms with van der Waals surface area (Å²) >= 11 is 0. The van der Waals surface area contributed by atoms with Gasteiger partial charge in [0.1, 0.15) is 11.4 Å². The molecule has 5 rings (SSSR count). The van der Waals surface area contributed by atoms with Crippen LogP contribution in [-0.4, -0.2) is 18.0 Å². The maximum atomic E-state index is 13.4.